The first-order chi connectivity index (χ1) is 15.0. The maximum atomic E-state index is 12.4. The van der Waals surface area contributed by atoms with Crippen LogP contribution in [0.25, 0.3) is 0 Å². The van der Waals surface area contributed by atoms with Crippen LogP contribution in [0.3, 0.4) is 0 Å². The molecule has 6 atom stereocenters. The lowest BCUT2D eigenvalue weighted by Crippen LogP contribution is -2.36. The van der Waals surface area contributed by atoms with Crippen molar-refractivity contribution in [1.29, 1.82) is 0 Å². The lowest BCUT2D eigenvalue weighted by Gasteiger charge is -2.22. The first-order valence-electron chi connectivity index (χ1n) is 9.97. The second-order valence-electron chi connectivity index (χ2n) is 7.45. The maximum absolute atomic E-state index is 12.4. The number of hydrogen-bond acceptors (Lipinski definition) is 9. The highest BCUT2D eigenvalue weighted by Crippen LogP contribution is 2.38. The van der Waals surface area contributed by atoms with Gasteiger partial charge in [0.25, 0.3) is 0 Å². The van der Waals surface area contributed by atoms with Crippen molar-refractivity contribution in [1.82, 2.24) is 9.55 Å². The van der Waals surface area contributed by atoms with Gasteiger partial charge in [-0.15, -0.1) is 0 Å². The van der Waals surface area contributed by atoms with Crippen molar-refractivity contribution in [2.24, 2.45) is 5.92 Å². The number of aliphatic hydroxyl groups excluding tert-OH is 1. The highest BCUT2D eigenvalue weighted by molar-refractivity contribution is 5.70. The van der Waals surface area contributed by atoms with Crippen molar-refractivity contribution in [3.8, 4) is 5.75 Å². The van der Waals surface area contributed by atoms with Gasteiger partial charge >= 0.3 is 6.09 Å². The monoisotopic (exact) mass is 434 g/mol. The third kappa shape index (κ3) is 4.30. The number of aromatic nitrogens is 2. The number of nitrogens with zero attached hydrogens (tertiary/aromatic N) is 2. The molecule has 0 amide bonds. The minimum absolute atomic E-state index is 0.122. The fourth-order valence-corrected chi connectivity index (χ4v) is 3.92. The predicted molar refractivity (Wildman–Crippen MR) is 105 cm³/mol. The highest BCUT2D eigenvalue weighted by atomic mass is 16.8. The number of hydrogen-bond donors (Lipinski definition) is 1. The van der Waals surface area contributed by atoms with E-state index in [1.807, 2.05) is 13.0 Å². The van der Waals surface area contributed by atoms with Gasteiger partial charge in [-0.3, -0.25) is 0 Å². The quantitative estimate of drug-likeness (QED) is 0.728. The maximum Gasteiger partial charge on any atom is 0.419 e. The van der Waals surface area contributed by atoms with Crippen molar-refractivity contribution in [2.75, 3.05) is 20.8 Å². The molecule has 2 aliphatic rings. The minimum Gasteiger partial charge on any atom is -0.496 e. The summed E-state index contributed by atoms with van der Waals surface area (Å²) in [6.07, 6.45) is 1.11. The molecular formula is C21H26N2O8. The Morgan fingerprint density at radius 3 is 2.84 bits per heavy atom. The van der Waals surface area contributed by atoms with Crippen molar-refractivity contribution < 1.29 is 38.3 Å². The molecule has 0 bridgehead atoms. The molecule has 168 valence electrons. The molecule has 0 aliphatic carbocycles. The molecule has 0 radical (unpaired) electrons. The van der Waals surface area contributed by atoms with E-state index in [-0.39, 0.29) is 18.6 Å². The summed E-state index contributed by atoms with van der Waals surface area (Å²) in [6.45, 7) is 2.11. The van der Waals surface area contributed by atoms with Gasteiger partial charge in [0.05, 0.1) is 26.4 Å². The summed E-state index contributed by atoms with van der Waals surface area (Å²) in [4.78, 5) is 16.2. The average Bonchev–Trinajstić information content (AvgIpc) is 3.54. The molecule has 10 nitrogen and oxygen atoms in total. The first-order valence-corrected chi connectivity index (χ1v) is 9.97. The number of benzene rings is 1. The molecule has 2 aliphatic heterocycles. The van der Waals surface area contributed by atoms with Crippen molar-refractivity contribution in [2.45, 2.75) is 44.4 Å². The van der Waals surface area contributed by atoms with Crippen LogP contribution in [0.15, 0.2) is 36.9 Å². The summed E-state index contributed by atoms with van der Waals surface area (Å²) < 4.78 is 35.6. The smallest absolute Gasteiger partial charge is 0.419 e. The summed E-state index contributed by atoms with van der Waals surface area (Å²) in [6, 6.07) is 5.38. The zero-order valence-corrected chi connectivity index (χ0v) is 17.5. The van der Waals surface area contributed by atoms with Crippen LogP contribution in [0, 0.1) is 5.92 Å². The summed E-state index contributed by atoms with van der Waals surface area (Å²) in [5.41, 5.74) is 1.45. The fourth-order valence-electron chi connectivity index (χ4n) is 3.92. The van der Waals surface area contributed by atoms with Crippen LogP contribution in [0.1, 0.15) is 24.3 Å². The lowest BCUT2D eigenvalue weighted by molar-refractivity contribution is -0.169. The lowest BCUT2D eigenvalue weighted by atomic mass is 9.97. The number of ether oxygens (including phenoxy) is 6. The Kier molecular flexibility index (Phi) is 6.54. The molecule has 2 aromatic rings. The first kappa shape index (κ1) is 21.7. The van der Waals surface area contributed by atoms with Gasteiger partial charge in [-0.1, -0.05) is 19.1 Å². The molecule has 2 saturated heterocycles. The minimum atomic E-state index is -0.723. The summed E-state index contributed by atoms with van der Waals surface area (Å²) >= 11 is 0. The highest BCUT2D eigenvalue weighted by Gasteiger charge is 2.50. The van der Waals surface area contributed by atoms with Crippen LogP contribution in [0.2, 0.25) is 0 Å². The topological polar surface area (TPSA) is 111 Å². The second kappa shape index (κ2) is 9.33. The third-order valence-electron chi connectivity index (χ3n) is 5.61. The second-order valence-corrected chi connectivity index (χ2v) is 7.45. The Bertz CT molecular complexity index is 890. The number of methoxy groups -OCH3 is 2. The van der Waals surface area contributed by atoms with Gasteiger partial charge in [0, 0.05) is 36.5 Å². The van der Waals surface area contributed by atoms with Crippen molar-refractivity contribution in [3.05, 3.63) is 48.0 Å². The van der Waals surface area contributed by atoms with Crippen LogP contribution in [-0.2, 0) is 30.3 Å². The molecule has 3 heterocycles. The molecule has 31 heavy (non-hydrogen) atoms. The van der Waals surface area contributed by atoms with Gasteiger partial charge < -0.3 is 33.5 Å². The van der Waals surface area contributed by atoms with Gasteiger partial charge in [0.1, 0.15) is 18.2 Å². The molecular weight excluding hydrogens is 408 g/mol. The SMILES string of the molecule is COc1cc(C2OCC([C@H]3O[C@H](OC)[C@H](OC(=O)n4ccnc4)[C@H]3C)O2)ccc1CO. The molecule has 0 spiro atoms. The Balaban J connectivity index is 1.43. The largest absolute Gasteiger partial charge is 0.496 e. The summed E-state index contributed by atoms with van der Waals surface area (Å²) in [7, 11) is 3.04. The van der Waals surface area contributed by atoms with E-state index in [0.29, 0.717) is 17.9 Å². The number of rotatable bonds is 6. The molecule has 1 N–H and O–H groups in total. The van der Waals surface area contributed by atoms with Crippen LogP contribution in [0.5, 0.6) is 5.75 Å². The summed E-state index contributed by atoms with van der Waals surface area (Å²) in [5, 5.41) is 9.40. The molecule has 2 fully saturated rings. The van der Waals surface area contributed by atoms with Crippen molar-refractivity contribution in [3.63, 3.8) is 0 Å². The van der Waals surface area contributed by atoms with E-state index in [1.165, 1.54) is 30.4 Å². The Morgan fingerprint density at radius 2 is 2.16 bits per heavy atom. The molecule has 4 rings (SSSR count). The Hall–Kier alpha value is -2.50. The standard InChI is InChI=1S/C21H26N2O8/c1-12-17(30-20(27-3)18(12)31-21(25)23-7-6-22-11-23)16-10-28-19(29-16)13-4-5-14(9-24)15(8-13)26-2/h4-8,11-12,16-20,24H,9-10H2,1-3H3/t12-,16?,17-,18+,19?,20-/m0/s1. The van der Waals surface area contributed by atoms with Gasteiger partial charge in [-0.2, -0.15) is 0 Å². The van der Waals surface area contributed by atoms with E-state index in [2.05, 4.69) is 4.98 Å². The van der Waals surface area contributed by atoms with E-state index in [9.17, 15) is 9.90 Å². The van der Waals surface area contributed by atoms with E-state index in [4.69, 9.17) is 28.4 Å². The molecule has 2 unspecified atom stereocenters. The third-order valence-corrected chi connectivity index (χ3v) is 5.61. The normalized spacial score (nSPS) is 30.5. The van der Waals surface area contributed by atoms with E-state index >= 15 is 0 Å². The van der Waals surface area contributed by atoms with Gasteiger partial charge in [-0.05, 0) is 6.07 Å². The van der Waals surface area contributed by atoms with E-state index in [1.54, 1.807) is 19.2 Å². The van der Waals surface area contributed by atoms with Crippen LogP contribution in [-0.4, -0.2) is 66.2 Å². The Labute approximate surface area is 179 Å². The fraction of sp³-hybridized carbons (Fsp3) is 0.524. The number of carbonyl (C=O) groups excluding carboxylic acids is 1. The molecule has 0 saturated carbocycles. The van der Waals surface area contributed by atoms with Crippen LogP contribution in [0.4, 0.5) is 4.79 Å². The van der Waals surface area contributed by atoms with E-state index < -0.39 is 30.9 Å². The molecule has 10 heteroatoms. The number of aliphatic hydroxyl groups is 1. The van der Waals surface area contributed by atoms with Gasteiger partial charge in [0.2, 0.25) is 0 Å². The van der Waals surface area contributed by atoms with Crippen LogP contribution >= 0.6 is 0 Å². The number of imidazole rings is 1. The zero-order valence-electron chi connectivity index (χ0n) is 17.5. The number of carbonyl (C=O) groups is 1. The predicted octanol–water partition coefficient (Wildman–Crippen LogP) is 1.86. The Morgan fingerprint density at radius 1 is 1.32 bits per heavy atom. The molecule has 1 aromatic carbocycles. The van der Waals surface area contributed by atoms with Gasteiger partial charge in [0.15, 0.2) is 18.7 Å². The van der Waals surface area contributed by atoms with Gasteiger partial charge in [-0.25, -0.2) is 14.3 Å². The average molecular weight is 434 g/mol. The van der Waals surface area contributed by atoms with E-state index in [0.717, 1.165) is 5.56 Å². The van der Waals surface area contributed by atoms with Crippen molar-refractivity contribution >= 4 is 6.09 Å². The molecule has 1 aromatic heterocycles. The summed E-state index contributed by atoms with van der Waals surface area (Å²) in [5.74, 6) is 0.364. The van der Waals surface area contributed by atoms with Crippen LogP contribution < -0.4 is 4.74 Å². The zero-order chi connectivity index (χ0) is 22.0.